The Kier molecular flexibility index (Phi) is 7.15. The predicted molar refractivity (Wildman–Crippen MR) is 131 cm³/mol. The van der Waals surface area contributed by atoms with Crippen LogP contribution in [-0.4, -0.2) is 47.7 Å². The van der Waals surface area contributed by atoms with Crippen molar-refractivity contribution < 1.29 is 9.53 Å². The Morgan fingerprint density at radius 3 is 2.66 bits per heavy atom. The lowest BCUT2D eigenvalue weighted by Crippen LogP contribution is -2.29. The first kappa shape index (κ1) is 22.4. The van der Waals surface area contributed by atoms with Crippen LogP contribution in [0.15, 0.2) is 54.6 Å². The number of likely N-dealkylation sites (tertiary alicyclic amines) is 1. The number of benzene rings is 2. The average molecular weight is 434 g/mol. The maximum atomic E-state index is 12.9. The van der Waals surface area contributed by atoms with Crippen molar-refractivity contribution in [3.05, 3.63) is 60.3 Å². The van der Waals surface area contributed by atoms with Crippen molar-refractivity contribution in [1.29, 1.82) is 0 Å². The van der Waals surface area contributed by atoms with Gasteiger partial charge in [-0.2, -0.15) is 0 Å². The quantitative estimate of drug-likeness (QED) is 0.468. The largest absolute Gasteiger partial charge is 0.494 e. The Morgan fingerprint density at radius 2 is 1.94 bits per heavy atom. The molecule has 1 fully saturated rings. The molecule has 170 valence electrons. The number of para-hydroxylation sites is 1. The Hall–Kier alpha value is -2.79. The van der Waals surface area contributed by atoms with Crippen LogP contribution in [0.3, 0.4) is 0 Å². The third-order valence-electron chi connectivity index (χ3n) is 6.26. The zero-order valence-corrected chi connectivity index (χ0v) is 19.5. The molecule has 5 nitrogen and oxygen atoms in total. The molecule has 0 spiro atoms. The zero-order valence-electron chi connectivity index (χ0n) is 19.5. The predicted octanol–water partition coefficient (Wildman–Crippen LogP) is 5.27. The van der Waals surface area contributed by atoms with E-state index in [0.29, 0.717) is 24.2 Å². The van der Waals surface area contributed by atoms with Crippen molar-refractivity contribution in [3.8, 4) is 11.4 Å². The van der Waals surface area contributed by atoms with E-state index < -0.39 is 0 Å². The molecule has 2 heterocycles. The van der Waals surface area contributed by atoms with Crippen molar-refractivity contribution in [2.24, 2.45) is 5.92 Å². The lowest BCUT2D eigenvalue weighted by molar-refractivity contribution is 0.0942. The normalized spacial score (nSPS) is 16.7. The first-order valence-corrected chi connectivity index (χ1v) is 11.9. The maximum Gasteiger partial charge on any atom is 0.268 e. The van der Waals surface area contributed by atoms with Gasteiger partial charge in [-0.25, -0.2) is 0 Å². The number of nitrogens with zero attached hydrogens (tertiary/aromatic N) is 2. The molecule has 1 saturated heterocycles. The minimum atomic E-state index is -0.0497. The van der Waals surface area contributed by atoms with E-state index >= 15 is 0 Å². The lowest BCUT2D eigenvalue weighted by Gasteiger charge is -2.20. The highest BCUT2D eigenvalue weighted by Crippen LogP contribution is 2.26. The molecule has 1 atom stereocenters. The fourth-order valence-corrected chi connectivity index (χ4v) is 4.46. The molecule has 1 aromatic heterocycles. The summed E-state index contributed by atoms with van der Waals surface area (Å²) in [5, 5.41) is 4.11. The molecule has 2 aromatic carbocycles. The second-order valence-corrected chi connectivity index (χ2v) is 9.25. The van der Waals surface area contributed by atoms with Crippen molar-refractivity contribution >= 4 is 16.8 Å². The molecular formula is C27H35N3O2. The molecule has 0 radical (unpaired) electrons. The van der Waals surface area contributed by atoms with Gasteiger partial charge < -0.3 is 19.5 Å². The molecule has 4 rings (SSSR count). The first-order chi connectivity index (χ1) is 15.5. The summed E-state index contributed by atoms with van der Waals surface area (Å²) in [7, 11) is 0. The Bertz CT molecular complexity index is 1040. The highest BCUT2D eigenvalue weighted by atomic mass is 16.5. The van der Waals surface area contributed by atoms with Crippen LogP contribution in [0.2, 0.25) is 0 Å². The number of carbonyl (C=O) groups excluding carboxylic acids is 1. The van der Waals surface area contributed by atoms with Gasteiger partial charge in [0.05, 0.1) is 12.1 Å². The molecule has 1 amide bonds. The van der Waals surface area contributed by atoms with Crippen LogP contribution >= 0.6 is 0 Å². The van der Waals surface area contributed by atoms with Gasteiger partial charge in [-0.05, 0) is 75.0 Å². The van der Waals surface area contributed by atoms with Gasteiger partial charge in [0, 0.05) is 30.2 Å². The topological polar surface area (TPSA) is 46.5 Å². The summed E-state index contributed by atoms with van der Waals surface area (Å²) in [5.74, 6) is 1.22. The second kappa shape index (κ2) is 10.2. The molecule has 0 unspecified atom stereocenters. The van der Waals surface area contributed by atoms with Crippen molar-refractivity contribution in [2.75, 3.05) is 26.2 Å². The van der Waals surface area contributed by atoms with Crippen LogP contribution in [-0.2, 0) is 0 Å². The van der Waals surface area contributed by atoms with E-state index in [4.69, 9.17) is 4.74 Å². The number of fused-ring (bicyclic) bond motifs is 1. The molecule has 0 saturated carbocycles. The second-order valence-electron chi connectivity index (χ2n) is 9.25. The molecule has 1 aliphatic heterocycles. The number of nitrogens with one attached hydrogen (secondary N) is 1. The van der Waals surface area contributed by atoms with E-state index in [9.17, 15) is 4.79 Å². The number of hydrogen-bond donors (Lipinski definition) is 1. The fourth-order valence-electron chi connectivity index (χ4n) is 4.46. The van der Waals surface area contributed by atoms with Gasteiger partial charge >= 0.3 is 0 Å². The smallest absolute Gasteiger partial charge is 0.268 e. The van der Waals surface area contributed by atoms with Crippen LogP contribution in [0, 0.1) is 5.92 Å². The van der Waals surface area contributed by atoms with E-state index in [1.54, 1.807) is 0 Å². The fraction of sp³-hybridized carbons (Fsp3) is 0.444. The van der Waals surface area contributed by atoms with Gasteiger partial charge in [0.1, 0.15) is 11.4 Å². The highest BCUT2D eigenvalue weighted by molar-refractivity contribution is 6.00. The Morgan fingerprint density at radius 1 is 1.16 bits per heavy atom. The minimum Gasteiger partial charge on any atom is -0.494 e. The van der Waals surface area contributed by atoms with Gasteiger partial charge in [-0.1, -0.05) is 32.0 Å². The number of ether oxygens (including phenoxy) is 1. The third kappa shape index (κ3) is 5.16. The molecule has 5 heteroatoms. The summed E-state index contributed by atoms with van der Waals surface area (Å²) in [6, 6.07) is 18.8. The number of aromatic nitrogens is 1. The first-order valence-electron chi connectivity index (χ1n) is 11.9. The molecule has 0 bridgehead atoms. The van der Waals surface area contributed by atoms with Gasteiger partial charge in [0.2, 0.25) is 0 Å². The van der Waals surface area contributed by atoms with Crippen molar-refractivity contribution in [2.45, 2.75) is 46.1 Å². The summed E-state index contributed by atoms with van der Waals surface area (Å²) < 4.78 is 8.02. The number of hydrogen-bond acceptors (Lipinski definition) is 3. The van der Waals surface area contributed by atoms with Crippen LogP contribution < -0.4 is 10.1 Å². The van der Waals surface area contributed by atoms with Crippen molar-refractivity contribution in [3.63, 3.8) is 0 Å². The third-order valence-corrected chi connectivity index (χ3v) is 6.26. The summed E-state index contributed by atoms with van der Waals surface area (Å²) in [6.07, 6.45) is 3.66. The summed E-state index contributed by atoms with van der Waals surface area (Å²) in [4.78, 5) is 15.5. The zero-order chi connectivity index (χ0) is 22.5. The lowest BCUT2D eigenvalue weighted by atomic mass is 10.2. The van der Waals surface area contributed by atoms with Crippen LogP contribution in [0.25, 0.3) is 16.6 Å². The van der Waals surface area contributed by atoms with Gasteiger partial charge in [-0.15, -0.1) is 0 Å². The van der Waals surface area contributed by atoms with Crippen LogP contribution in [0.5, 0.6) is 5.75 Å². The number of amides is 1. The Balaban J connectivity index is 1.46. The van der Waals surface area contributed by atoms with E-state index in [-0.39, 0.29) is 5.91 Å². The molecule has 1 N–H and O–H groups in total. The standard InChI is InChI=1S/C27H35N3O2/c1-20(2)19-28-27(31)26-18-22-9-4-5-10-25(22)30(26)23-11-13-24(14-12-23)32-17-7-16-29-15-6-8-21(29)3/h4-5,9-14,18,20-21H,6-8,15-17,19H2,1-3H3,(H,28,31)/t21-/m1/s1. The summed E-state index contributed by atoms with van der Waals surface area (Å²) in [5.41, 5.74) is 2.63. The van der Waals surface area contributed by atoms with Gasteiger partial charge in [-0.3, -0.25) is 4.79 Å². The molecule has 3 aromatic rings. The number of rotatable bonds is 9. The summed E-state index contributed by atoms with van der Waals surface area (Å²) in [6.45, 7) is 10.2. The maximum absolute atomic E-state index is 12.9. The van der Waals surface area contributed by atoms with E-state index in [1.165, 1.54) is 19.4 Å². The molecule has 0 aliphatic carbocycles. The minimum absolute atomic E-state index is 0.0497. The van der Waals surface area contributed by atoms with Crippen LogP contribution in [0.1, 0.15) is 50.5 Å². The highest BCUT2D eigenvalue weighted by Gasteiger charge is 2.19. The molecular weight excluding hydrogens is 398 g/mol. The number of carbonyl (C=O) groups is 1. The van der Waals surface area contributed by atoms with Crippen LogP contribution in [0.4, 0.5) is 0 Å². The SMILES string of the molecule is CC(C)CNC(=O)c1cc2ccccc2n1-c1ccc(OCCCN2CCC[C@H]2C)cc1. The Labute approximate surface area is 191 Å². The van der Waals surface area contributed by atoms with Gasteiger partial charge in [0.25, 0.3) is 5.91 Å². The van der Waals surface area contributed by atoms with Crippen molar-refractivity contribution in [1.82, 2.24) is 14.8 Å². The molecule has 1 aliphatic rings. The molecule has 32 heavy (non-hydrogen) atoms. The van der Waals surface area contributed by atoms with E-state index in [2.05, 4.69) is 37.1 Å². The van der Waals surface area contributed by atoms with Gasteiger partial charge in [0.15, 0.2) is 0 Å². The monoisotopic (exact) mass is 433 g/mol. The average Bonchev–Trinajstić information content (AvgIpc) is 3.39. The summed E-state index contributed by atoms with van der Waals surface area (Å²) >= 11 is 0. The van der Waals surface area contributed by atoms with E-state index in [0.717, 1.165) is 41.9 Å². The van der Waals surface area contributed by atoms with E-state index in [1.807, 2.05) is 53.1 Å².